The Bertz CT molecular complexity index is 647. The second kappa shape index (κ2) is 5.59. The zero-order valence-electron chi connectivity index (χ0n) is 10.3. The van der Waals surface area contributed by atoms with Crippen LogP contribution in [-0.2, 0) is 0 Å². The van der Waals surface area contributed by atoms with E-state index in [2.05, 4.69) is 9.97 Å². The third kappa shape index (κ3) is 3.24. The predicted molar refractivity (Wildman–Crippen MR) is 74.0 cm³/mol. The fraction of sp³-hybridized carbons (Fsp3) is 0.154. The van der Waals surface area contributed by atoms with Crippen LogP contribution in [0.2, 0.25) is 5.02 Å². The summed E-state index contributed by atoms with van der Waals surface area (Å²) in [5, 5.41) is 9.96. The molecule has 0 aliphatic heterocycles. The molecule has 1 N–H and O–H groups in total. The highest BCUT2D eigenvalue weighted by Gasteiger charge is 2.10. The van der Waals surface area contributed by atoms with E-state index in [1.54, 1.807) is 18.3 Å². The number of benzene rings is 1. The highest BCUT2D eigenvalue weighted by molar-refractivity contribution is 7.99. The Kier molecular flexibility index (Phi) is 4.07. The minimum absolute atomic E-state index is 0.0865. The first-order valence-electron chi connectivity index (χ1n) is 5.48. The van der Waals surface area contributed by atoms with Gasteiger partial charge in [0.2, 0.25) is 0 Å². The highest BCUT2D eigenvalue weighted by Crippen LogP contribution is 2.29. The summed E-state index contributed by atoms with van der Waals surface area (Å²) in [6, 6.07) is 4.87. The van der Waals surface area contributed by atoms with E-state index in [-0.39, 0.29) is 10.6 Å². The monoisotopic (exact) mass is 294 g/mol. The van der Waals surface area contributed by atoms with E-state index in [1.165, 1.54) is 17.8 Å². The first-order chi connectivity index (χ1) is 8.97. The molecule has 2 aromatic rings. The number of aromatic nitrogens is 2. The van der Waals surface area contributed by atoms with E-state index in [0.717, 1.165) is 21.3 Å². The second-order valence-corrected chi connectivity index (χ2v) is 5.43. The molecular weight excluding hydrogens is 284 g/mol. The number of aromatic carboxylic acids is 1. The maximum atomic E-state index is 11.0. The van der Waals surface area contributed by atoms with Gasteiger partial charge in [-0.25, -0.2) is 9.78 Å². The van der Waals surface area contributed by atoms with Crippen LogP contribution in [0.4, 0.5) is 0 Å². The Morgan fingerprint density at radius 3 is 2.68 bits per heavy atom. The Balaban J connectivity index is 2.30. The van der Waals surface area contributed by atoms with Gasteiger partial charge >= 0.3 is 5.97 Å². The summed E-state index contributed by atoms with van der Waals surface area (Å²) in [4.78, 5) is 20.4. The van der Waals surface area contributed by atoms with Gasteiger partial charge < -0.3 is 5.11 Å². The Labute approximate surface area is 119 Å². The molecule has 0 atom stereocenters. The number of nitrogens with zero attached hydrogens (tertiary/aromatic N) is 2. The average molecular weight is 295 g/mol. The lowest BCUT2D eigenvalue weighted by Crippen LogP contribution is -1.97. The van der Waals surface area contributed by atoms with Crippen molar-refractivity contribution in [3.63, 3.8) is 0 Å². The minimum Gasteiger partial charge on any atom is -0.478 e. The summed E-state index contributed by atoms with van der Waals surface area (Å²) < 4.78 is 0. The van der Waals surface area contributed by atoms with Crippen molar-refractivity contribution < 1.29 is 9.90 Å². The van der Waals surface area contributed by atoms with E-state index < -0.39 is 5.97 Å². The van der Waals surface area contributed by atoms with Crippen LogP contribution in [0.5, 0.6) is 0 Å². The molecule has 98 valence electrons. The van der Waals surface area contributed by atoms with Gasteiger partial charge in [-0.1, -0.05) is 23.4 Å². The van der Waals surface area contributed by atoms with Crippen LogP contribution in [0.15, 0.2) is 34.3 Å². The zero-order valence-corrected chi connectivity index (χ0v) is 11.9. The quantitative estimate of drug-likeness (QED) is 0.937. The summed E-state index contributed by atoms with van der Waals surface area (Å²) in [6.07, 6.45) is 1.67. The number of hydrogen-bond acceptors (Lipinski definition) is 4. The maximum Gasteiger partial charge on any atom is 0.337 e. The van der Waals surface area contributed by atoms with E-state index in [0.29, 0.717) is 0 Å². The van der Waals surface area contributed by atoms with Crippen LogP contribution in [-0.4, -0.2) is 21.0 Å². The molecule has 4 nitrogen and oxygen atoms in total. The van der Waals surface area contributed by atoms with E-state index in [1.807, 2.05) is 13.8 Å². The summed E-state index contributed by atoms with van der Waals surface area (Å²) in [5.41, 5.74) is 1.83. The topological polar surface area (TPSA) is 63.1 Å². The Morgan fingerprint density at radius 2 is 2.05 bits per heavy atom. The predicted octanol–water partition coefficient (Wildman–Crippen LogP) is 3.60. The number of carbonyl (C=O) groups is 1. The zero-order chi connectivity index (χ0) is 14.0. The first kappa shape index (κ1) is 13.8. The lowest BCUT2D eigenvalue weighted by Gasteiger charge is -2.05. The number of aryl methyl sites for hydroxylation is 2. The van der Waals surface area contributed by atoms with E-state index in [4.69, 9.17) is 16.7 Å². The maximum absolute atomic E-state index is 11.0. The van der Waals surface area contributed by atoms with Crippen LogP contribution in [0, 0.1) is 13.8 Å². The summed E-state index contributed by atoms with van der Waals surface area (Å²) >= 11 is 7.18. The molecule has 19 heavy (non-hydrogen) atoms. The average Bonchev–Trinajstić information content (AvgIpc) is 2.36. The van der Waals surface area contributed by atoms with Gasteiger partial charge in [-0.2, -0.15) is 0 Å². The van der Waals surface area contributed by atoms with Gasteiger partial charge in [-0.15, -0.1) is 0 Å². The van der Waals surface area contributed by atoms with Crippen LogP contribution in [0.1, 0.15) is 21.7 Å². The van der Waals surface area contributed by atoms with Crippen molar-refractivity contribution in [2.75, 3.05) is 0 Å². The third-order valence-electron chi connectivity index (χ3n) is 2.56. The van der Waals surface area contributed by atoms with Gasteiger partial charge in [0.1, 0.15) is 5.03 Å². The molecule has 2 rings (SSSR count). The smallest absolute Gasteiger partial charge is 0.337 e. The largest absolute Gasteiger partial charge is 0.478 e. The molecule has 0 aliphatic rings. The van der Waals surface area contributed by atoms with Crippen LogP contribution < -0.4 is 0 Å². The normalized spacial score (nSPS) is 10.5. The first-order valence-corrected chi connectivity index (χ1v) is 6.68. The molecule has 0 saturated heterocycles. The molecule has 0 fully saturated rings. The van der Waals surface area contributed by atoms with Crippen molar-refractivity contribution in [2.45, 2.75) is 23.8 Å². The van der Waals surface area contributed by atoms with Gasteiger partial charge in [-0.3, -0.25) is 4.98 Å². The molecule has 0 radical (unpaired) electrons. The molecule has 1 heterocycles. The Morgan fingerprint density at radius 1 is 1.32 bits per heavy atom. The third-order valence-corrected chi connectivity index (χ3v) is 3.79. The van der Waals surface area contributed by atoms with E-state index in [9.17, 15) is 4.79 Å². The number of halogens is 1. The van der Waals surface area contributed by atoms with Crippen molar-refractivity contribution in [3.05, 3.63) is 46.4 Å². The molecular formula is C13H11ClN2O2S. The SMILES string of the molecule is Cc1ncc(Sc2ccc(Cl)c(C(=O)O)c2)nc1C. The highest BCUT2D eigenvalue weighted by atomic mass is 35.5. The molecule has 6 heteroatoms. The van der Waals surface area contributed by atoms with E-state index >= 15 is 0 Å². The lowest BCUT2D eigenvalue weighted by atomic mass is 10.2. The summed E-state index contributed by atoms with van der Waals surface area (Å²) in [6.45, 7) is 3.78. The molecule has 1 aromatic heterocycles. The number of hydrogen-bond donors (Lipinski definition) is 1. The van der Waals surface area contributed by atoms with Crippen molar-refractivity contribution >= 4 is 29.3 Å². The lowest BCUT2D eigenvalue weighted by molar-refractivity contribution is 0.0697. The van der Waals surface area contributed by atoms with Crippen molar-refractivity contribution in [2.24, 2.45) is 0 Å². The van der Waals surface area contributed by atoms with Gasteiger partial charge in [-0.05, 0) is 32.0 Å². The fourth-order valence-electron chi connectivity index (χ4n) is 1.42. The fourth-order valence-corrected chi connectivity index (χ4v) is 2.46. The number of carboxylic acid groups (broad SMARTS) is 1. The van der Waals surface area contributed by atoms with Gasteiger partial charge in [0.25, 0.3) is 0 Å². The standard InChI is InChI=1S/C13H11ClN2O2S/c1-7-8(2)16-12(6-15-7)19-9-3-4-11(14)10(5-9)13(17)18/h3-6H,1-2H3,(H,17,18). The molecule has 0 aliphatic carbocycles. The molecule has 1 aromatic carbocycles. The molecule has 0 bridgehead atoms. The molecule has 0 spiro atoms. The minimum atomic E-state index is -1.04. The van der Waals surface area contributed by atoms with Crippen LogP contribution in [0.3, 0.4) is 0 Å². The second-order valence-electron chi connectivity index (χ2n) is 3.93. The molecule has 0 amide bonds. The Hall–Kier alpha value is -1.59. The van der Waals surface area contributed by atoms with Crippen LogP contribution in [0.25, 0.3) is 0 Å². The van der Waals surface area contributed by atoms with Gasteiger partial charge in [0.05, 0.1) is 28.2 Å². The molecule has 0 unspecified atom stereocenters. The van der Waals surface area contributed by atoms with Crippen molar-refractivity contribution in [1.29, 1.82) is 0 Å². The van der Waals surface area contributed by atoms with Gasteiger partial charge in [0.15, 0.2) is 0 Å². The number of carboxylic acids is 1. The van der Waals surface area contributed by atoms with Gasteiger partial charge in [0, 0.05) is 4.90 Å². The van der Waals surface area contributed by atoms with Crippen molar-refractivity contribution in [1.82, 2.24) is 9.97 Å². The summed E-state index contributed by atoms with van der Waals surface area (Å²) in [7, 11) is 0. The summed E-state index contributed by atoms with van der Waals surface area (Å²) in [5.74, 6) is -1.04. The number of rotatable bonds is 3. The molecule has 0 saturated carbocycles. The van der Waals surface area contributed by atoms with Crippen LogP contribution >= 0.6 is 23.4 Å². The van der Waals surface area contributed by atoms with Crippen molar-refractivity contribution in [3.8, 4) is 0 Å².